The normalized spacial score (nSPS) is 15.4. The number of nitrogens with zero attached hydrogens (tertiary/aromatic N) is 1. The molecule has 90 valence electrons. The highest BCUT2D eigenvalue weighted by molar-refractivity contribution is 7.12. The summed E-state index contributed by atoms with van der Waals surface area (Å²) in [6.07, 6.45) is 5.41. The Bertz CT molecular complexity index is 309. The van der Waals surface area contributed by atoms with Gasteiger partial charge in [-0.2, -0.15) is 0 Å². The van der Waals surface area contributed by atoms with Crippen LogP contribution in [-0.2, 0) is 19.4 Å². The highest BCUT2D eigenvalue weighted by atomic mass is 32.1. The van der Waals surface area contributed by atoms with Gasteiger partial charge in [-0.1, -0.05) is 0 Å². The first-order valence-corrected chi connectivity index (χ1v) is 7.05. The molecule has 16 heavy (non-hydrogen) atoms. The van der Waals surface area contributed by atoms with E-state index in [0.29, 0.717) is 0 Å². The third-order valence-electron chi connectivity index (χ3n) is 3.22. The summed E-state index contributed by atoms with van der Waals surface area (Å²) in [6.45, 7) is 3.31. The van der Waals surface area contributed by atoms with Crippen molar-refractivity contribution >= 4 is 11.3 Å². The Morgan fingerprint density at radius 2 is 2.19 bits per heavy atom. The van der Waals surface area contributed by atoms with Crippen LogP contribution in [0.4, 0.5) is 0 Å². The summed E-state index contributed by atoms with van der Waals surface area (Å²) in [5, 5.41) is 3.20. The summed E-state index contributed by atoms with van der Waals surface area (Å²) in [5.74, 6) is 0. The number of rotatable bonds is 5. The van der Waals surface area contributed by atoms with Gasteiger partial charge in [-0.15, -0.1) is 11.3 Å². The van der Waals surface area contributed by atoms with E-state index in [0.717, 1.165) is 19.6 Å². The van der Waals surface area contributed by atoms with Crippen molar-refractivity contribution in [2.24, 2.45) is 0 Å². The zero-order chi connectivity index (χ0) is 11.4. The Morgan fingerprint density at radius 1 is 1.38 bits per heavy atom. The summed E-state index contributed by atoms with van der Waals surface area (Å²) in [4.78, 5) is 5.60. The second kappa shape index (κ2) is 5.80. The fourth-order valence-corrected chi connectivity index (χ4v) is 3.62. The largest absolute Gasteiger partial charge is 0.318 e. The Balaban J connectivity index is 1.91. The minimum absolute atomic E-state index is 1.07. The monoisotopic (exact) mass is 238 g/mol. The molecule has 1 aliphatic carbocycles. The van der Waals surface area contributed by atoms with Crippen LogP contribution >= 0.6 is 11.3 Å². The Morgan fingerprint density at radius 3 is 2.94 bits per heavy atom. The minimum Gasteiger partial charge on any atom is -0.318 e. The Labute approximate surface area is 103 Å². The lowest BCUT2D eigenvalue weighted by Crippen LogP contribution is -2.26. The van der Waals surface area contributed by atoms with Crippen molar-refractivity contribution in [2.45, 2.75) is 32.2 Å². The smallest absolute Gasteiger partial charge is 0.0325 e. The van der Waals surface area contributed by atoms with Crippen molar-refractivity contribution in [3.05, 3.63) is 21.4 Å². The van der Waals surface area contributed by atoms with Crippen molar-refractivity contribution in [1.82, 2.24) is 10.2 Å². The van der Waals surface area contributed by atoms with Crippen LogP contribution in [0, 0.1) is 0 Å². The Kier molecular flexibility index (Phi) is 4.38. The fourth-order valence-electron chi connectivity index (χ4n) is 2.28. The van der Waals surface area contributed by atoms with E-state index in [9.17, 15) is 0 Å². The number of likely N-dealkylation sites (N-methyl/N-ethyl adjacent to an activating group) is 2. The van der Waals surface area contributed by atoms with E-state index in [1.165, 1.54) is 25.7 Å². The van der Waals surface area contributed by atoms with Crippen LogP contribution < -0.4 is 5.32 Å². The van der Waals surface area contributed by atoms with Gasteiger partial charge in [0.15, 0.2) is 0 Å². The molecular weight excluding hydrogens is 216 g/mol. The number of aryl methyl sites for hydroxylation is 2. The summed E-state index contributed by atoms with van der Waals surface area (Å²) in [7, 11) is 4.22. The van der Waals surface area contributed by atoms with E-state index in [2.05, 4.69) is 23.3 Å². The molecule has 2 nitrogen and oxygen atoms in total. The molecule has 1 heterocycles. The second-order valence-electron chi connectivity index (χ2n) is 4.71. The van der Waals surface area contributed by atoms with E-state index in [4.69, 9.17) is 0 Å². The number of hydrogen-bond donors (Lipinski definition) is 1. The molecule has 1 aromatic rings. The van der Waals surface area contributed by atoms with Gasteiger partial charge in [0.05, 0.1) is 0 Å². The first-order chi connectivity index (χ1) is 7.79. The quantitative estimate of drug-likeness (QED) is 0.846. The van der Waals surface area contributed by atoms with Gasteiger partial charge < -0.3 is 10.2 Å². The third-order valence-corrected chi connectivity index (χ3v) is 4.44. The predicted molar refractivity (Wildman–Crippen MR) is 71.2 cm³/mol. The molecule has 0 fully saturated rings. The summed E-state index contributed by atoms with van der Waals surface area (Å²) >= 11 is 2.04. The van der Waals surface area contributed by atoms with Gasteiger partial charge in [0.2, 0.25) is 0 Å². The molecule has 0 aliphatic heterocycles. The van der Waals surface area contributed by atoms with Crippen LogP contribution in [0.25, 0.3) is 0 Å². The fraction of sp³-hybridized carbons (Fsp3) is 0.692. The van der Waals surface area contributed by atoms with E-state index < -0.39 is 0 Å². The third kappa shape index (κ3) is 3.06. The molecule has 0 radical (unpaired) electrons. The van der Waals surface area contributed by atoms with Crippen LogP contribution in [-0.4, -0.2) is 32.1 Å². The van der Waals surface area contributed by atoms with Crippen LogP contribution in [0.3, 0.4) is 0 Å². The van der Waals surface area contributed by atoms with E-state index in [1.807, 2.05) is 18.4 Å². The molecule has 1 aliphatic rings. The SMILES string of the molecule is CNCCN(C)Cc1cc2c(s1)CCCC2. The van der Waals surface area contributed by atoms with Crippen LogP contribution in [0.5, 0.6) is 0 Å². The van der Waals surface area contributed by atoms with E-state index >= 15 is 0 Å². The summed E-state index contributed by atoms with van der Waals surface area (Å²) in [6, 6.07) is 2.44. The molecule has 1 aromatic heterocycles. The van der Waals surface area contributed by atoms with Gasteiger partial charge in [-0.3, -0.25) is 0 Å². The maximum atomic E-state index is 3.20. The van der Waals surface area contributed by atoms with E-state index in [1.54, 1.807) is 15.3 Å². The molecule has 3 heteroatoms. The molecule has 0 amide bonds. The van der Waals surface area contributed by atoms with Crippen molar-refractivity contribution in [2.75, 3.05) is 27.2 Å². The number of hydrogen-bond acceptors (Lipinski definition) is 3. The predicted octanol–water partition coefficient (Wildman–Crippen LogP) is 2.28. The lowest BCUT2D eigenvalue weighted by atomic mass is 9.99. The average Bonchev–Trinajstić information content (AvgIpc) is 2.68. The number of fused-ring (bicyclic) bond motifs is 1. The Hall–Kier alpha value is -0.380. The van der Waals surface area contributed by atoms with Crippen molar-refractivity contribution in [3.8, 4) is 0 Å². The van der Waals surface area contributed by atoms with Gasteiger partial charge in [-0.25, -0.2) is 0 Å². The second-order valence-corrected chi connectivity index (χ2v) is 5.93. The summed E-state index contributed by atoms with van der Waals surface area (Å²) < 4.78 is 0. The lowest BCUT2D eigenvalue weighted by molar-refractivity contribution is 0.331. The maximum Gasteiger partial charge on any atom is 0.0325 e. The lowest BCUT2D eigenvalue weighted by Gasteiger charge is -2.14. The van der Waals surface area contributed by atoms with Gasteiger partial charge in [0.1, 0.15) is 0 Å². The molecule has 2 rings (SSSR count). The van der Waals surface area contributed by atoms with Gasteiger partial charge in [-0.05, 0) is 51.4 Å². The minimum atomic E-state index is 1.07. The van der Waals surface area contributed by atoms with Gasteiger partial charge in [0.25, 0.3) is 0 Å². The highest BCUT2D eigenvalue weighted by Crippen LogP contribution is 2.30. The highest BCUT2D eigenvalue weighted by Gasteiger charge is 2.13. The van der Waals surface area contributed by atoms with Gasteiger partial charge >= 0.3 is 0 Å². The van der Waals surface area contributed by atoms with Crippen LogP contribution in [0.1, 0.15) is 28.2 Å². The molecule has 0 aromatic carbocycles. The molecule has 0 unspecified atom stereocenters. The van der Waals surface area contributed by atoms with Gasteiger partial charge in [0, 0.05) is 29.4 Å². The first-order valence-electron chi connectivity index (χ1n) is 6.23. The zero-order valence-electron chi connectivity index (χ0n) is 10.4. The van der Waals surface area contributed by atoms with Crippen molar-refractivity contribution in [1.29, 1.82) is 0 Å². The zero-order valence-corrected chi connectivity index (χ0v) is 11.2. The molecule has 0 saturated carbocycles. The summed E-state index contributed by atoms with van der Waals surface area (Å²) in [5.41, 5.74) is 1.63. The van der Waals surface area contributed by atoms with Crippen molar-refractivity contribution in [3.63, 3.8) is 0 Å². The standard InChI is InChI=1S/C13H22N2S/c1-14-7-8-15(2)10-12-9-11-5-3-4-6-13(11)16-12/h9,14H,3-8,10H2,1-2H3. The number of nitrogens with one attached hydrogen (secondary N) is 1. The topological polar surface area (TPSA) is 15.3 Å². The average molecular weight is 238 g/mol. The molecular formula is C13H22N2S. The maximum absolute atomic E-state index is 3.20. The van der Waals surface area contributed by atoms with Crippen LogP contribution in [0.15, 0.2) is 6.07 Å². The first kappa shape index (κ1) is 12.1. The van der Waals surface area contributed by atoms with Crippen molar-refractivity contribution < 1.29 is 0 Å². The molecule has 0 atom stereocenters. The molecule has 0 spiro atoms. The number of thiophene rings is 1. The molecule has 0 saturated heterocycles. The van der Waals surface area contributed by atoms with Crippen LogP contribution in [0.2, 0.25) is 0 Å². The molecule has 1 N–H and O–H groups in total. The van der Waals surface area contributed by atoms with E-state index in [-0.39, 0.29) is 0 Å². The molecule has 0 bridgehead atoms.